The molecule has 7 nitrogen and oxygen atoms in total. The minimum Gasteiger partial charge on any atom is -0.352 e. The minimum absolute atomic E-state index is 0.0131. The summed E-state index contributed by atoms with van der Waals surface area (Å²) in [5.74, 6) is -0.971. The highest BCUT2D eigenvalue weighted by Crippen LogP contribution is 2.31. The number of nitrogens with zero attached hydrogens (tertiary/aromatic N) is 2. The normalized spacial score (nSPS) is 12.9. The van der Waals surface area contributed by atoms with Crippen molar-refractivity contribution in [2.24, 2.45) is 0 Å². The molecule has 2 atom stereocenters. The van der Waals surface area contributed by atoms with E-state index in [0.717, 1.165) is 9.87 Å². The summed E-state index contributed by atoms with van der Waals surface area (Å²) < 4.78 is 28.9. The van der Waals surface area contributed by atoms with Gasteiger partial charge in [-0.15, -0.1) is 0 Å². The highest BCUT2D eigenvalue weighted by Gasteiger charge is 2.34. The maximum absolute atomic E-state index is 14.2. The van der Waals surface area contributed by atoms with E-state index in [9.17, 15) is 18.0 Å². The van der Waals surface area contributed by atoms with Gasteiger partial charge in [-0.2, -0.15) is 0 Å². The highest BCUT2D eigenvalue weighted by atomic mass is 35.5. The van der Waals surface area contributed by atoms with E-state index in [-0.39, 0.29) is 45.5 Å². The molecule has 0 fully saturated rings. The van der Waals surface area contributed by atoms with Crippen LogP contribution in [0.4, 0.5) is 5.69 Å². The van der Waals surface area contributed by atoms with E-state index in [2.05, 4.69) is 5.32 Å². The van der Waals surface area contributed by atoms with Crippen molar-refractivity contribution in [3.05, 3.63) is 91.9 Å². The first-order valence-electron chi connectivity index (χ1n) is 13.4. The van der Waals surface area contributed by atoms with Crippen LogP contribution in [0.1, 0.15) is 44.7 Å². The van der Waals surface area contributed by atoms with Gasteiger partial charge in [0, 0.05) is 22.6 Å². The smallest absolute Gasteiger partial charge is 0.264 e. The molecule has 0 aliphatic rings. The van der Waals surface area contributed by atoms with Crippen molar-refractivity contribution in [2.75, 3.05) is 10.8 Å². The van der Waals surface area contributed by atoms with Crippen molar-refractivity contribution in [3.63, 3.8) is 0 Å². The summed E-state index contributed by atoms with van der Waals surface area (Å²) in [4.78, 5) is 28.9. The SMILES string of the molecule is CC[C@@H](C)NC(=O)[C@@H](CC)N(Cc1ccc(Cl)cc1Cl)C(=O)CN(c1ccc(Cl)c(Cl)c1)S(=O)(=O)c1ccc(C)cc1. The second-order valence-corrected chi connectivity index (χ2v) is 13.4. The molecule has 12 heteroatoms. The van der Waals surface area contributed by atoms with Gasteiger partial charge in [0.2, 0.25) is 11.8 Å². The van der Waals surface area contributed by atoms with Gasteiger partial charge < -0.3 is 10.2 Å². The first-order chi connectivity index (χ1) is 19.8. The van der Waals surface area contributed by atoms with Crippen molar-refractivity contribution >= 4 is 73.9 Å². The van der Waals surface area contributed by atoms with E-state index in [4.69, 9.17) is 46.4 Å². The van der Waals surface area contributed by atoms with Gasteiger partial charge in [-0.1, -0.05) is 84.0 Å². The van der Waals surface area contributed by atoms with Crippen LogP contribution >= 0.6 is 46.4 Å². The van der Waals surface area contributed by atoms with Gasteiger partial charge in [0.1, 0.15) is 12.6 Å². The quantitative estimate of drug-likeness (QED) is 0.216. The van der Waals surface area contributed by atoms with E-state index in [1.54, 1.807) is 37.3 Å². The van der Waals surface area contributed by atoms with E-state index >= 15 is 0 Å². The van der Waals surface area contributed by atoms with Crippen LogP contribution in [-0.4, -0.2) is 43.8 Å². The lowest BCUT2D eigenvalue weighted by Crippen LogP contribution is -2.53. The fourth-order valence-electron chi connectivity index (χ4n) is 4.20. The molecule has 0 aliphatic carbocycles. The number of aryl methyl sites for hydroxylation is 1. The summed E-state index contributed by atoms with van der Waals surface area (Å²) in [6.45, 7) is 6.75. The Morgan fingerprint density at radius 3 is 2.10 bits per heavy atom. The summed E-state index contributed by atoms with van der Waals surface area (Å²) >= 11 is 24.9. The van der Waals surface area contributed by atoms with E-state index < -0.39 is 28.5 Å². The minimum atomic E-state index is -4.25. The Bertz CT molecular complexity index is 1530. The largest absolute Gasteiger partial charge is 0.352 e. The third-order valence-corrected chi connectivity index (χ3v) is 9.94. The second kappa shape index (κ2) is 14.8. The van der Waals surface area contributed by atoms with Crippen LogP contribution in [0.2, 0.25) is 20.1 Å². The predicted octanol–water partition coefficient (Wildman–Crippen LogP) is 7.53. The van der Waals surface area contributed by atoms with Crippen molar-refractivity contribution in [1.29, 1.82) is 0 Å². The summed E-state index contributed by atoms with van der Waals surface area (Å²) in [5, 5.41) is 4.01. The summed E-state index contributed by atoms with van der Waals surface area (Å²) in [5.41, 5.74) is 1.56. The fourth-order valence-corrected chi connectivity index (χ4v) is 6.37. The van der Waals surface area contributed by atoms with Crippen LogP contribution in [0.5, 0.6) is 0 Å². The number of carbonyl (C=O) groups excluding carboxylic acids is 2. The molecular formula is C30H33Cl4N3O4S. The molecule has 2 amide bonds. The Hall–Kier alpha value is -2.49. The Labute approximate surface area is 267 Å². The Morgan fingerprint density at radius 2 is 1.52 bits per heavy atom. The third kappa shape index (κ3) is 8.32. The summed E-state index contributed by atoms with van der Waals surface area (Å²) in [6, 6.07) is 14.4. The molecule has 0 heterocycles. The van der Waals surface area contributed by atoms with Crippen molar-refractivity contribution in [2.45, 2.75) is 64.1 Å². The molecule has 1 N–H and O–H groups in total. The molecule has 42 heavy (non-hydrogen) atoms. The molecule has 0 saturated heterocycles. The van der Waals surface area contributed by atoms with E-state index in [1.807, 2.05) is 20.8 Å². The zero-order valence-electron chi connectivity index (χ0n) is 23.7. The average Bonchev–Trinajstić information content (AvgIpc) is 2.94. The van der Waals surface area contributed by atoms with Gasteiger partial charge in [-0.25, -0.2) is 8.42 Å². The number of nitrogens with one attached hydrogen (secondary N) is 1. The molecule has 0 unspecified atom stereocenters. The predicted molar refractivity (Wildman–Crippen MR) is 171 cm³/mol. The van der Waals surface area contributed by atoms with Crippen molar-refractivity contribution in [1.82, 2.24) is 10.2 Å². The van der Waals surface area contributed by atoms with E-state index in [1.165, 1.54) is 35.2 Å². The zero-order chi connectivity index (χ0) is 31.2. The second-order valence-electron chi connectivity index (χ2n) is 9.92. The summed E-state index contributed by atoms with van der Waals surface area (Å²) in [7, 11) is -4.25. The summed E-state index contributed by atoms with van der Waals surface area (Å²) in [6.07, 6.45) is 0.968. The maximum atomic E-state index is 14.2. The van der Waals surface area contributed by atoms with Gasteiger partial charge in [-0.3, -0.25) is 13.9 Å². The van der Waals surface area contributed by atoms with Crippen molar-refractivity contribution in [3.8, 4) is 0 Å². The van der Waals surface area contributed by atoms with Gasteiger partial charge in [-0.05, 0) is 74.7 Å². The molecule has 0 aliphatic heterocycles. The lowest BCUT2D eigenvalue weighted by atomic mass is 10.1. The third-order valence-electron chi connectivity index (χ3n) is 6.82. The van der Waals surface area contributed by atoms with Crippen LogP contribution in [0.15, 0.2) is 65.6 Å². The Balaban J connectivity index is 2.11. The van der Waals surface area contributed by atoms with Gasteiger partial charge in [0.15, 0.2) is 0 Å². The van der Waals surface area contributed by atoms with Gasteiger partial charge >= 0.3 is 0 Å². The molecule has 226 valence electrons. The number of halogens is 4. The average molecular weight is 673 g/mol. The topological polar surface area (TPSA) is 86.8 Å². The zero-order valence-corrected chi connectivity index (χ0v) is 27.5. The number of hydrogen-bond acceptors (Lipinski definition) is 4. The maximum Gasteiger partial charge on any atom is 0.264 e. The van der Waals surface area contributed by atoms with Gasteiger partial charge in [0.05, 0.1) is 20.6 Å². The lowest BCUT2D eigenvalue weighted by molar-refractivity contribution is -0.140. The van der Waals surface area contributed by atoms with Crippen molar-refractivity contribution < 1.29 is 18.0 Å². The van der Waals surface area contributed by atoms with Crippen LogP contribution in [0, 0.1) is 6.92 Å². The van der Waals surface area contributed by atoms with Crippen LogP contribution in [-0.2, 0) is 26.2 Å². The lowest BCUT2D eigenvalue weighted by Gasteiger charge is -2.34. The van der Waals surface area contributed by atoms with Gasteiger partial charge in [0.25, 0.3) is 10.0 Å². The number of sulfonamides is 1. The van der Waals surface area contributed by atoms with Crippen LogP contribution in [0.25, 0.3) is 0 Å². The number of amides is 2. The number of carbonyl (C=O) groups is 2. The number of rotatable bonds is 12. The highest BCUT2D eigenvalue weighted by molar-refractivity contribution is 7.92. The number of anilines is 1. The molecule has 3 rings (SSSR count). The number of benzene rings is 3. The number of hydrogen-bond donors (Lipinski definition) is 1. The molecule has 0 saturated carbocycles. The fraction of sp³-hybridized carbons (Fsp3) is 0.333. The molecule has 3 aromatic rings. The molecular weight excluding hydrogens is 640 g/mol. The first-order valence-corrected chi connectivity index (χ1v) is 16.3. The van der Waals surface area contributed by atoms with E-state index in [0.29, 0.717) is 22.0 Å². The molecule has 0 radical (unpaired) electrons. The Kier molecular flexibility index (Phi) is 12.0. The first kappa shape index (κ1) is 34.0. The Morgan fingerprint density at radius 1 is 0.857 bits per heavy atom. The van der Waals surface area contributed by atoms with Crippen LogP contribution in [0.3, 0.4) is 0 Å². The standard InChI is InChI=1S/C30H33Cl4N3O4S/c1-5-20(4)35-30(39)28(6-2)36(17-21-9-10-22(31)15-26(21)33)29(38)18-37(23-11-14-25(32)27(34)16-23)42(40,41)24-12-7-19(3)8-13-24/h7-16,20,28H,5-6,17-18H2,1-4H3,(H,35,39)/t20-,28-/m1/s1. The monoisotopic (exact) mass is 671 g/mol. The molecule has 0 spiro atoms. The van der Waals surface area contributed by atoms with Crippen LogP contribution < -0.4 is 9.62 Å². The molecule has 0 aromatic heterocycles. The molecule has 3 aromatic carbocycles. The molecule has 0 bridgehead atoms.